The van der Waals surface area contributed by atoms with E-state index in [4.69, 9.17) is 0 Å². The van der Waals surface area contributed by atoms with Gasteiger partial charge in [0.15, 0.2) is 0 Å². The fourth-order valence-corrected chi connectivity index (χ4v) is 2.60. The summed E-state index contributed by atoms with van der Waals surface area (Å²) >= 11 is 0. The summed E-state index contributed by atoms with van der Waals surface area (Å²) in [4.78, 5) is 2.69. The molecule has 2 nitrogen and oxygen atoms in total. The lowest BCUT2D eigenvalue weighted by Crippen LogP contribution is -2.46. The highest BCUT2D eigenvalue weighted by Crippen LogP contribution is 2.25. The van der Waals surface area contributed by atoms with Crippen LogP contribution < -0.4 is 5.32 Å². The molecule has 15 heavy (non-hydrogen) atoms. The summed E-state index contributed by atoms with van der Waals surface area (Å²) in [5.74, 6) is 0.800. The minimum Gasteiger partial charge on any atom is -0.313 e. The average molecular weight is 212 g/mol. The van der Waals surface area contributed by atoms with Crippen LogP contribution in [0.1, 0.15) is 47.5 Å². The molecule has 1 fully saturated rings. The number of hydrogen-bond acceptors (Lipinski definition) is 2. The molecule has 1 aliphatic rings. The summed E-state index contributed by atoms with van der Waals surface area (Å²) in [5.41, 5.74) is 0. The smallest absolute Gasteiger partial charge is 0.0195 e. The standard InChI is InChI=1S/C13H28N2/c1-10(2)13-7-6-8-15(13)12(5)9-14-11(3)4/h10-14H,6-9H2,1-5H3. The normalized spacial score (nSPS) is 25.4. The van der Waals surface area contributed by atoms with Gasteiger partial charge in [0, 0.05) is 24.7 Å². The molecule has 0 aliphatic carbocycles. The highest BCUT2D eigenvalue weighted by atomic mass is 15.2. The van der Waals surface area contributed by atoms with E-state index in [-0.39, 0.29) is 0 Å². The van der Waals surface area contributed by atoms with Crippen molar-refractivity contribution in [3.8, 4) is 0 Å². The van der Waals surface area contributed by atoms with Crippen molar-refractivity contribution in [1.82, 2.24) is 10.2 Å². The second-order valence-corrected chi connectivity index (χ2v) is 5.60. The molecule has 2 heteroatoms. The Hall–Kier alpha value is -0.0800. The number of hydrogen-bond donors (Lipinski definition) is 1. The third-order valence-electron chi connectivity index (χ3n) is 3.50. The van der Waals surface area contributed by atoms with Crippen molar-refractivity contribution in [3.63, 3.8) is 0 Å². The Morgan fingerprint density at radius 3 is 2.40 bits per heavy atom. The van der Waals surface area contributed by atoms with Gasteiger partial charge in [0.2, 0.25) is 0 Å². The van der Waals surface area contributed by atoms with Crippen LogP contribution in [0.4, 0.5) is 0 Å². The second-order valence-electron chi connectivity index (χ2n) is 5.60. The molecule has 0 aromatic heterocycles. The summed E-state index contributed by atoms with van der Waals surface area (Å²) in [7, 11) is 0. The van der Waals surface area contributed by atoms with Gasteiger partial charge in [0.05, 0.1) is 0 Å². The molecule has 1 rings (SSSR count). The fourth-order valence-electron chi connectivity index (χ4n) is 2.60. The quantitative estimate of drug-likeness (QED) is 0.753. The Kier molecular flexibility index (Phi) is 5.07. The van der Waals surface area contributed by atoms with Crippen molar-refractivity contribution in [3.05, 3.63) is 0 Å². The molecule has 0 radical (unpaired) electrons. The van der Waals surface area contributed by atoms with Crippen molar-refractivity contribution in [2.24, 2.45) is 5.92 Å². The molecule has 0 amide bonds. The maximum Gasteiger partial charge on any atom is 0.0195 e. The molecule has 1 saturated heterocycles. The third-order valence-corrected chi connectivity index (χ3v) is 3.50. The molecule has 1 aliphatic heterocycles. The van der Waals surface area contributed by atoms with Gasteiger partial charge in [0.25, 0.3) is 0 Å². The van der Waals surface area contributed by atoms with Gasteiger partial charge < -0.3 is 5.32 Å². The van der Waals surface area contributed by atoms with E-state index >= 15 is 0 Å². The lowest BCUT2D eigenvalue weighted by atomic mass is 10.0. The van der Waals surface area contributed by atoms with E-state index in [1.165, 1.54) is 19.4 Å². The van der Waals surface area contributed by atoms with Crippen LogP contribution >= 0.6 is 0 Å². The molecule has 0 spiro atoms. The van der Waals surface area contributed by atoms with Crippen molar-refractivity contribution in [2.45, 2.75) is 65.6 Å². The molecule has 0 saturated carbocycles. The van der Waals surface area contributed by atoms with Crippen LogP contribution in [0.5, 0.6) is 0 Å². The van der Waals surface area contributed by atoms with Crippen molar-refractivity contribution >= 4 is 0 Å². The largest absolute Gasteiger partial charge is 0.313 e. The Morgan fingerprint density at radius 1 is 1.20 bits per heavy atom. The third kappa shape index (κ3) is 3.76. The van der Waals surface area contributed by atoms with Crippen LogP contribution in [0.15, 0.2) is 0 Å². The molecule has 0 bridgehead atoms. The zero-order valence-corrected chi connectivity index (χ0v) is 11.1. The number of likely N-dealkylation sites (tertiary alicyclic amines) is 1. The lowest BCUT2D eigenvalue weighted by molar-refractivity contribution is 0.151. The average Bonchev–Trinajstić information content (AvgIpc) is 2.62. The lowest BCUT2D eigenvalue weighted by Gasteiger charge is -2.33. The number of rotatable bonds is 5. The van der Waals surface area contributed by atoms with E-state index in [0.29, 0.717) is 12.1 Å². The maximum atomic E-state index is 3.54. The van der Waals surface area contributed by atoms with Crippen LogP contribution in [-0.4, -0.2) is 36.1 Å². The predicted octanol–water partition coefficient (Wildman–Crippen LogP) is 2.49. The SMILES string of the molecule is CC(C)NCC(C)N1CCCC1C(C)C. The Balaban J connectivity index is 2.40. The predicted molar refractivity (Wildman–Crippen MR) is 67.2 cm³/mol. The first-order valence-corrected chi connectivity index (χ1v) is 6.51. The zero-order valence-electron chi connectivity index (χ0n) is 11.1. The van der Waals surface area contributed by atoms with Crippen molar-refractivity contribution in [2.75, 3.05) is 13.1 Å². The maximum absolute atomic E-state index is 3.54. The van der Waals surface area contributed by atoms with Crippen LogP contribution in [0.2, 0.25) is 0 Å². The van der Waals surface area contributed by atoms with Crippen molar-refractivity contribution < 1.29 is 0 Å². The van der Waals surface area contributed by atoms with E-state index in [0.717, 1.165) is 18.5 Å². The van der Waals surface area contributed by atoms with E-state index in [9.17, 15) is 0 Å². The monoisotopic (exact) mass is 212 g/mol. The van der Waals surface area contributed by atoms with Crippen molar-refractivity contribution in [1.29, 1.82) is 0 Å². The minimum absolute atomic E-state index is 0.604. The van der Waals surface area contributed by atoms with Gasteiger partial charge in [-0.3, -0.25) is 4.90 Å². The highest BCUT2D eigenvalue weighted by Gasteiger charge is 2.30. The molecule has 1 N–H and O–H groups in total. The zero-order chi connectivity index (χ0) is 11.4. The first-order chi connectivity index (χ1) is 7.02. The Bertz CT molecular complexity index is 177. The number of nitrogens with one attached hydrogen (secondary N) is 1. The van der Waals surface area contributed by atoms with E-state index < -0.39 is 0 Å². The Morgan fingerprint density at radius 2 is 1.87 bits per heavy atom. The molecular weight excluding hydrogens is 184 g/mol. The molecule has 90 valence electrons. The van der Waals surface area contributed by atoms with Gasteiger partial charge in [-0.15, -0.1) is 0 Å². The van der Waals surface area contributed by atoms with Crippen LogP contribution in [0, 0.1) is 5.92 Å². The van der Waals surface area contributed by atoms with Gasteiger partial charge >= 0.3 is 0 Å². The molecule has 1 heterocycles. The Labute approximate surface area is 95.4 Å². The van der Waals surface area contributed by atoms with Crippen LogP contribution in [0.25, 0.3) is 0 Å². The van der Waals surface area contributed by atoms with Crippen LogP contribution in [-0.2, 0) is 0 Å². The second kappa shape index (κ2) is 5.86. The summed E-state index contributed by atoms with van der Waals surface area (Å²) in [6.07, 6.45) is 2.78. The van der Waals surface area contributed by atoms with Gasteiger partial charge in [0.1, 0.15) is 0 Å². The minimum atomic E-state index is 0.604. The summed E-state index contributed by atoms with van der Waals surface area (Å²) < 4.78 is 0. The van der Waals surface area contributed by atoms with Gasteiger partial charge in [-0.2, -0.15) is 0 Å². The highest BCUT2D eigenvalue weighted by molar-refractivity contribution is 4.85. The van der Waals surface area contributed by atoms with Gasteiger partial charge in [-0.25, -0.2) is 0 Å². The summed E-state index contributed by atoms with van der Waals surface area (Å²) in [6, 6.07) is 2.10. The summed E-state index contributed by atoms with van der Waals surface area (Å²) in [5, 5.41) is 3.54. The number of nitrogens with zero attached hydrogens (tertiary/aromatic N) is 1. The van der Waals surface area contributed by atoms with Crippen LogP contribution in [0.3, 0.4) is 0 Å². The van der Waals surface area contributed by atoms with E-state index in [1.807, 2.05) is 0 Å². The topological polar surface area (TPSA) is 15.3 Å². The molecular formula is C13H28N2. The van der Waals surface area contributed by atoms with Gasteiger partial charge in [-0.1, -0.05) is 27.7 Å². The van der Waals surface area contributed by atoms with Gasteiger partial charge in [-0.05, 0) is 32.2 Å². The van der Waals surface area contributed by atoms with E-state index in [1.54, 1.807) is 0 Å². The fraction of sp³-hybridized carbons (Fsp3) is 1.00. The van der Waals surface area contributed by atoms with E-state index in [2.05, 4.69) is 44.8 Å². The summed E-state index contributed by atoms with van der Waals surface area (Å²) in [6.45, 7) is 13.9. The molecule has 2 atom stereocenters. The first-order valence-electron chi connectivity index (χ1n) is 6.51. The molecule has 2 unspecified atom stereocenters. The first kappa shape index (κ1) is 13.0. The molecule has 0 aromatic rings. The molecule has 0 aromatic carbocycles.